The Morgan fingerprint density at radius 1 is 1.41 bits per heavy atom. The van der Waals surface area contributed by atoms with Crippen molar-refractivity contribution >= 4 is 39.7 Å². The number of nitrogens with two attached hydrogens (primary N) is 1. The predicted molar refractivity (Wildman–Crippen MR) is 89.6 cm³/mol. The van der Waals surface area contributed by atoms with E-state index in [9.17, 15) is 13.2 Å². The summed E-state index contributed by atoms with van der Waals surface area (Å²) in [5, 5.41) is 2.66. The Hall–Kier alpha value is -0.670. The van der Waals surface area contributed by atoms with Crippen LogP contribution in [0.1, 0.15) is 31.1 Å². The van der Waals surface area contributed by atoms with Gasteiger partial charge in [-0.15, -0.1) is 23.7 Å². The van der Waals surface area contributed by atoms with Gasteiger partial charge in [0.15, 0.2) is 0 Å². The summed E-state index contributed by atoms with van der Waals surface area (Å²) in [6.45, 7) is 2.29. The van der Waals surface area contributed by atoms with Gasteiger partial charge >= 0.3 is 0 Å². The van der Waals surface area contributed by atoms with E-state index in [0.29, 0.717) is 13.1 Å². The molecular formula is C13H22ClN3O3S2. The second-order valence-electron chi connectivity index (χ2n) is 5.28. The first-order valence-electron chi connectivity index (χ1n) is 6.98. The molecule has 0 saturated heterocycles. The fraction of sp³-hybridized carbons (Fsp3) is 0.615. The first-order valence-corrected chi connectivity index (χ1v) is 9.28. The predicted octanol–water partition coefficient (Wildman–Crippen LogP) is 1.21. The molecule has 126 valence electrons. The molecular weight excluding hydrogens is 346 g/mol. The van der Waals surface area contributed by atoms with Crippen molar-refractivity contribution in [1.82, 2.24) is 10.0 Å². The zero-order valence-electron chi connectivity index (χ0n) is 12.4. The van der Waals surface area contributed by atoms with E-state index in [4.69, 9.17) is 5.73 Å². The zero-order valence-corrected chi connectivity index (χ0v) is 14.8. The van der Waals surface area contributed by atoms with Gasteiger partial charge in [-0.05, 0) is 37.4 Å². The van der Waals surface area contributed by atoms with Gasteiger partial charge < -0.3 is 11.1 Å². The molecule has 1 saturated carbocycles. The third kappa shape index (κ3) is 4.92. The second-order valence-corrected chi connectivity index (χ2v) is 8.39. The SMILES string of the molecule is CC(=O)NCc1ccc(S(=O)(=O)NC2CCCC2CN)s1.Cl. The molecule has 22 heavy (non-hydrogen) atoms. The fourth-order valence-electron chi connectivity index (χ4n) is 2.54. The minimum atomic E-state index is -3.50. The summed E-state index contributed by atoms with van der Waals surface area (Å²) in [6, 6.07) is 3.24. The van der Waals surface area contributed by atoms with Gasteiger partial charge in [-0.25, -0.2) is 13.1 Å². The van der Waals surface area contributed by atoms with Crippen LogP contribution in [0.3, 0.4) is 0 Å². The Bertz CT molecular complexity index is 603. The van der Waals surface area contributed by atoms with Crippen molar-refractivity contribution in [1.29, 1.82) is 0 Å². The van der Waals surface area contributed by atoms with Gasteiger partial charge in [0, 0.05) is 17.8 Å². The molecule has 0 aliphatic heterocycles. The molecule has 6 nitrogen and oxygen atoms in total. The Labute approximate surface area is 141 Å². The number of halogens is 1. The quantitative estimate of drug-likeness (QED) is 0.703. The molecule has 1 aliphatic rings. The molecule has 1 aliphatic carbocycles. The molecule has 1 heterocycles. The van der Waals surface area contributed by atoms with Crippen LogP contribution in [0.5, 0.6) is 0 Å². The van der Waals surface area contributed by atoms with Crippen LogP contribution in [0.15, 0.2) is 16.3 Å². The largest absolute Gasteiger partial charge is 0.351 e. The second kappa shape index (κ2) is 8.26. The van der Waals surface area contributed by atoms with E-state index in [1.54, 1.807) is 12.1 Å². The van der Waals surface area contributed by atoms with Crippen LogP contribution in [0.2, 0.25) is 0 Å². The highest BCUT2D eigenvalue weighted by Crippen LogP contribution is 2.28. The lowest BCUT2D eigenvalue weighted by atomic mass is 10.1. The normalized spacial score (nSPS) is 21.4. The molecule has 4 N–H and O–H groups in total. The molecule has 2 atom stereocenters. The standard InChI is InChI=1S/C13H21N3O3S2.ClH/c1-9(17)15-8-11-5-6-13(20-11)21(18,19)16-12-4-2-3-10(12)7-14;/h5-6,10,12,16H,2-4,7-8,14H2,1H3,(H,15,17);1H. The van der Waals surface area contributed by atoms with Crippen molar-refractivity contribution in [2.24, 2.45) is 11.7 Å². The van der Waals surface area contributed by atoms with Gasteiger partial charge in [-0.3, -0.25) is 4.79 Å². The molecule has 1 aromatic rings. The highest BCUT2D eigenvalue weighted by Gasteiger charge is 2.30. The third-order valence-corrected chi connectivity index (χ3v) is 6.75. The van der Waals surface area contributed by atoms with Crippen molar-refractivity contribution < 1.29 is 13.2 Å². The lowest BCUT2D eigenvalue weighted by Gasteiger charge is -2.18. The van der Waals surface area contributed by atoms with Crippen molar-refractivity contribution in [2.45, 2.75) is 43.0 Å². The average Bonchev–Trinajstić information content (AvgIpc) is 3.04. The number of nitrogens with one attached hydrogen (secondary N) is 2. The Morgan fingerprint density at radius 2 is 2.14 bits per heavy atom. The third-order valence-electron chi connectivity index (χ3n) is 3.68. The van der Waals surface area contributed by atoms with Crippen LogP contribution >= 0.6 is 23.7 Å². The number of hydrogen-bond donors (Lipinski definition) is 3. The Balaban J connectivity index is 0.00000242. The van der Waals surface area contributed by atoms with E-state index < -0.39 is 10.0 Å². The van der Waals surface area contributed by atoms with Gasteiger partial charge in [-0.1, -0.05) is 6.42 Å². The zero-order chi connectivity index (χ0) is 15.5. The summed E-state index contributed by atoms with van der Waals surface area (Å²) < 4.78 is 27.8. The van der Waals surface area contributed by atoms with Gasteiger partial charge in [0.2, 0.25) is 15.9 Å². The number of hydrogen-bond acceptors (Lipinski definition) is 5. The van der Waals surface area contributed by atoms with Gasteiger partial charge in [-0.2, -0.15) is 0 Å². The first-order chi connectivity index (χ1) is 9.92. The van der Waals surface area contributed by atoms with Crippen LogP contribution in [0.25, 0.3) is 0 Å². The monoisotopic (exact) mass is 367 g/mol. The van der Waals surface area contributed by atoms with Gasteiger partial charge in [0.1, 0.15) is 4.21 Å². The topological polar surface area (TPSA) is 101 Å². The lowest BCUT2D eigenvalue weighted by Crippen LogP contribution is -2.39. The minimum Gasteiger partial charge on any atom is -0.351 e. The molecule has 1 fully saturated rings. The molecule has 0 spiro atoms. The molecule has 9 heteroatoms. The first kappa shape index (κ1) is 19.4. The van der Waals surface area contributed by atoms with E-state index in [1.165, 1.54) is 18.3 Å². The van der Waals surface area contributed by atoms with E-state index >= 15 is 0 Å². The fourth-order valence-corrected chi connectivity index (χ4v) is 5.19. The highest BCUT2D eigenvalue weighted by atomic mass is 35.5. The molecule has 0 aromatic carbocycles. The van der Waals surface area contributed by atoms with E-state index in [-0.39, 0.29) is 34.5 Å². The molecule has 2 rings (SSSR count). The maximum Gasteiger partial charge on any atom is 0.250 e. The molecule has 1 amide bonds. The summed E-state index contributed by atoms with van der Waals surface area (Å²) in [6.07, 6.45) is 2.82. The summed E-state index contributed by atoms with van der Waals surface area (Å²) in [7, 11) is -3.50. The summed E-state index contributed by atoms with van der Waals surface area (Å²) >= 11 is 1.18. The molecule has 0 radical (unpaired) electrons. The maximum atomic E-state index is 12.4. The van der Waals surface area contributed by atoms with E-state index in [0.717, 1.165) is 24.1 Å². The highest BCUT2D eigenvalue weighted by molar-refractivity contribution is 7.91. The van der Waals surface area contributed by atoms with Crippen molar-refractivity contribution in [3.8, 4) is 0 Å². The van der Waals surface area contributed by atoms with Crippen molar-refractivity contribution in [3.05, 3.63) is 17.0 Å². The number of rotatable bonds is 6. The van der Waals surface area contributed by atoms with E-state index in [1.807, 2.05) is 0 Å². The average molecular weight is 368 g/mol. The van der Waals surface area contributed by atoms with Crippen molar-refractivity contribution in [2.75, 3.05) is 6.54 Å². The van der Waals surface area contributed by atoms with Gasteiger partial charge in [0.05, 0.1) is 6.54 Å². The molecule has 0 bridgehead atoms. The smallest absolute Gasteiger partial charge is 0.250 e. The number of thiophene rings is 1. The summed E-state index contributed by atoms with van der Waals surface area (Å²) in [4.78, 5) is 11.7. The molecule has 1 aromatic heterocycles. The van der Waals surface area contributed by atoms with Crippen LogP contribution in [-0.2, 0) is 21.4 Å². The van der Waals surface area contributed by atoms with Crippen LogP contribution in [0.4, 0.5) is 0 Å². The van der Waals surface area contributed by atoms with Crippen molar-refractivity contribution in [3.63, 3.8) is 0 Å². The number of carbonyl (C=O) groups excluding carboxylic acids is 1. The molecule has 2 unspecified atom stereocenters. The van der Waals surface area contributed by atoms with Gasteiger partial charge in [0.25, 0.3) is 0 Å². The summed E-state index contributed by atoms with van der Waals surface area (Å²) in [5.41, 5.74) is 5.68. The maximum absolute atomic E-state index is 12.4. The Kier molecular flexibility index (Phi) is 7.27. The minimum absolute atomic E-state index is 0. The lowest BCUT2D eigenvalue weighted by molar-refractivity contribution is -0.119. The number of sulfonamides is 1. The number of amides is 1. The van der Waals surface area contributed by atoms with Crippen LogP contribution in [0, 0.1) is 5.92 Å². The Morgan fingerprint density at radius 3 is 2.77 bits per heavy atom. The van der Waals surface area contributed by atoms with Crippen LogP contribution < -0.4 is 15.8 Å². The summed E-state index contributed by atoms with van der Waals surface area (Å²) in [5.74, 6) is 0.0845. The number of carbonyl (C=O) groups is 1. The van der Waals surface area contributed by atoms with Crippen LogP contribution in [-0.4, -0.2) is 26.9 Å². The van der Waals surface area contributed by atoms with E-state index in [2.05, 4.69) is 10.0 Å².